The van der Waals surface area contributed by atoms with Gasteiger partial charge in [0.1, 0.15) is 6.20 Å². The molecule has 0 atom stereocenters. The van der Waals surface area contributed by atoms with Gasteiger partial charge in [-0.3, -0.25) is 0 Å². The lowest BCUT2D eigenvalue weighted by Gasteiger charge is -1.77. The van der Waals surface area contributed by atoms with Crippen LogP contribution in [0.15, 0.2) is 12.4 Å². The van der Waals surface area contributed by atoms with E-state index in [0.29, 0.717) is 0 Å². The van der Waals surface area contributed by atoms with Gasteiger partial charge in [0.05, 0.1) is 0 Å². The first-order chi connectivity index (χ1) is 3.43. The van der Waals surface area contributed by atoms with Gasteiger partial charge in [0.2, 0.25) is 0 Å². The molecule has 0 fully saturated rings. The van der Waals surface area contributed by atoms with Gasteiger partial charge >= 0.3 is 5.17 Å². The van der Waals surface area contributed by atoms with Crippen LogP contribution in [-0.4, -0.2) is 11.4 Å². The number of amidine groups is 1. The Morgan fingerprint density at radius 2 is 2.71 bits per heavy atom. The zero-order valence-electron chi connectivity index (χ0n) is 4.01. The van der Waals surface area contributed by atoms with Crippen molar-refractivity contribution in [1.82, 2.24) is 10.3 Å². The fraction of sp³-hybridized carbons (Fsp3) is 0.250. The summed E-state index contributed by atoms with van der Waals surface area (Å²) in [6.45, 7) is 0. The predicted octanol–water partition coefficient (Wildman–Crippen LogP) is 0.116. The molecular weight excluding hydrogens is 108 g/mol. The van der Waals surface area contributed by atoms with Crippen molar-refractivity contribution in [2.45, 2.75) is 0 Å². The van der Waals surface area contributed by atoms with Crippen LogP contribution in [0.5, 0.6) is 0 Å². The maximum absolute atomic E-state index is 3.94. The maximum atomic E-state index is 3.94. The number of nitrogens with zero attached hydrogens (tertiary/aromatic N) is 1. The summed E-state index contributed by atoms with van der Waals surface area (Å²) < 4.78 is 0. The van der Waals surface area contributed by atoms with E-state index >= 15 is 0 Å². The molecule has 0 spiro atoms. The zero-order chi connectivity index (χ0) is 5.11. The van der Waals surface area contributed by atoms with Crippen molar-refractivity contribution in [1.29, 1.82) is 0 Å². The molecule has 0 aromatic rings. The molecule has 0 saturated carbocycles. The third kappa shape index (κ3) is 0.962. The van der Waals surface area contributed by atoms with Crippen LogP contribution < -0.4 is 10.3 Å². The monoisotopic (exact) mass is 114 g/mol. The minimum absolute atomic E-state index is 0.972. The summed E-state index contributed by atoms with van der Waals surface area (Å²) >= 11 is 1.61. The highest BCUT2D eigenvalue weighted by molar-refractivity contribution is 8.13. The van der Waals surface area contributed by atoms with E-state index in [2.05, 4.69) is 10.3 Å². The lowest BCUT2D eigenvalue weighted by atomic mass is 11.0. The number of rotatable bonds is 0. The van der Waals surface area contributed by atoms with E-state index in [-0.39, 0.29) is 0 Å². The smallest absolute Gasteiger partial charge is 0.234 e. The second kappa shape index (κ2) is 2.02. The molecule has 2 nitrogen and oxygen atoms in total. The summed E-state index contributed by atoms with van der Waals surface area (Å²) in [6.07, 6.45) is 5.54. The molecule has 0 saturated heterocycles. The Hall–Kier alpha value is -0.440. The average molecular weight is 114 g/mol. The molecule has 1 heterocycles. The topological polar surface area (TPSA) is 26.1 Å². The SMILES string of the molecule is CSC1=[N+]C=CN1. The van der Waals surface area contributed by atoms with Crippen molar-refractivity contribution in [2.75, 3.05) is 6.26 Å². The van der Waals surface area contributed by atoms with Crippen LogP contribution in [0, 0.1) is 0 Å². The van der Waals surface area contributed by atoms with Gasteiger partial charge in [-0.2, -0.15) is 0 Å². The summed E-state index contributed by atoms with van der Waals surface area (Å²) in [7, 11) is 0. The van der Waals surface area contributed by atoms with Crippen molar-refractivity contribution in [3.63, 3.8) is 0 Å². The van der Waals surface area contributed by atoms with Gasteiger partial charge in [0.25, 0.3) is 0 Å². The van der Waals surface area contributed by atoms with Crippen LogP contribution in [-0.2, 0) is 0 Å². The molecule has 37 valence electrons. The number of nitrogens with one attached hydrogen (secondary N) is 1. The van der Waals surface area contributed by atoms with Gasteiger partial charge in [-0.25, -0.2) is 5.32 Å². The van der Waals surface area contributed by atoms with Gasteiger partial charge < -0.3 is 0 Å². The largest absolute Gasteiger partial charge is 0.356 e. The fourth-order valence-electron chi connectivity index (χ4n) is 0.362. The van der Waals surface area contributed by atoms with Crippen LogP contribution in [0.2, 0.25) is 0 Å². The fourth-order valence-corrected chi connectivity index (χ4v) is 0.715. The number of thioether (sulfide) groups is 1. The van der Waals surface area contributed by atoms with Gasteiger partial charge in [-0.15, -0.1) is 0 Å². The molecule has 1 radical (unpaired) electrons. The molecule has 1 aliphatic rings. The molecule has 0 bridgehead atoms. The summed E-state index contributed by atoms with van der Waals surface area (Å²) in [4.78, 5) is 3.94. The first-order valence-electron chi connectivity index (χ1n) is 1.97. The van der Waals surface area contributed by atoms with Gasteiger partial charge in [0.15, 0.2) is 6.20 Å². The molecule has 0 aliphatic carbocycles. The highest BCUT2D eigenvalue weighted by atomic mass is 32.2. The second-order valence-corrected chi connectivity index (χ2v) is 1.89. The molecule has 1 N–H and O–H groups in total. The van der Waals surface area contributed by atoms with Crippen LogP contribution in [0.3, 0.4) is 0 Å². The Morgan fingerprint density at radius 3 is 3.00 bits per heavy atom. The Labute approximate surface area is 46.7 Å². The van der Waals surface area contributed by atoms with Gasteiger partial charge in [0, 0.05) is 0 Å². The number of hydrogen-bond acceptors (Lipinski definition) is 3. The molecule has 0 aromatic heterocycles. The molecule has 0 amide bonds. The van der Waals surface area contributed by atoms with E-state index < -0.39 is 0 Å². The van der Waals surface area contributed by atoms with E-state index in [1.54, 1.807) is 18.0 Å². The first-order valence-corrected chi connectivity index (χ1v) is 3.19. The number of hydrogen-bond donors (Lipinski definition) is 1. The summed E-state index contributed by atoms with van der Waals surface area (Å²) in [6, 6.07) is 0. The minimum atomic E-state index is 0.972. The van der Waals surface area contributed by atoms with Crippen molar-refractivity contribution in [2.24, 2.45) is 0 Å². The van der Waals surface area contributed by atoms with E-state index in [9.17, 15) is 0 Å². The molecule has 0 aromatic carbocycles. The molecule has 0 unspecified atom stereocenters. The standard InChI is InChI=1S/C4H6N2S/c1-7-4-5-2-3-6-4/h2-3,5H,1H3/q+1. The molecule has 7 heavy (non-hydrogen) atoms. The third-order valence-corrected chi connectivity index (χ3v) is 1.28. The van der Waals surface area contributed by atoms with Crippen molar-refractivity contribution in [3.8, 4) is 0 Å². The normalized spacial score (nSPS) is 16.4. The Kier molecular flexibility index (Phi) is 1.36. The van der Waals surface area contributed by atoms with Crippen molar-refractivity contribution in [3.05, 3.63) is 12.4 Å². The quantitative estimate of drug-likeness (QED) is 0.484. The van der Waals surface area contributed by atoms with Crippen LogP contribution in [0.25, 0.3) is 0 Å². The van der Waals surface area contributed by atoms with Crippen LogP contribution in [0.4, 0.5) is 0 Å². The molecule has 1 rings (SSSR count). The maximum Gasteiger partial charge on any atom is 0.356 e. The van der Waals surface area contributed by atoms with E-state index in [1.807, 2.05) is 12.5 Å². The van der Waals surface area contributed by atoms with Crippen LogP contribution in [0.1, 0.15) is 0 Å². The molecule has 3 heteroatoms. The number of aliphatic imine (C=N–C) groups is 1. The summed E-state index contributed by atoms with van der Waals surface area (Å²) in [5.74, 6) is 0. The highest BCUT2D eigenvalue weighted by Crippen LogP contribution is 1.92. The van der Waals surface area contributed by atoms with Crippen molar-refractivity contribution < 1.29 is 0 Å². The van der Waals surface area contributed by atoms with E-state index in [0.717, 1.165) is 5.17 Å². The van der Waals surface area contributed by atoms with Crippen molar-refractivity contribution >= 4 is 16.9 Å². The summed E-state index contributed by atoms with van der Waals surface area (Å²) in [5, 5.41) is 3.91. The lowest BCUT2D eigenvalue weighted by molar-refractivity contribution is 1.36. The lowest BCUT2D eigenvalue weighted by Crippen LogP contribution is -2.10. The second-order valence-electron chi connectivity index (χ2n) is 1.10. The van der Waals surface area contributed by atoms with E-state index in [1.165, 1.54) is 0 Å². The van der Waals surface area contributed by atoms with Gasteiger partial charge in [-0.1, -0.05) is 0 Å². The average Bonchev–Trinajstić information content (AvgIpc) is 2.14. The first kappa shape index (κ1) is 4.71. The minimum Gasteiger partial charge on any atom is -0.234 e. The molecular formula is C4H6N2S+. The van der Waals surface area contributed by atoms with E-state index in [4.69, 9.17) is 0 Å². The van der Waals surface area contributed by atoms with Crippen LogP contribution >= 0.6 is 11.8 Å². The highest BCUT2D eigenvalue weighted by Gasteiger charge is 2.06. The molecule has 1 aliphatic heterocycles. The predicted molar refractivity (Wildman–Crippen MR) is 32.9 cm³/mol. The Bertz CT molecular complexity index is 117. The van der Waals surface area contributed by atoms with Gasteiger partial charge in [-0.05, 0) is 23.0 Å². The third-order valence-electron chi connectivity index (χ3n) is 0.666. The zero-order valence-corrected chi connectivity index (χ0v) is 4.83. The Morgan fingerprint density at radius 1 is 1.86 bits per heavy atom. The summed E-state index contributed by atoms with van der Waals surface area (Å²) in [5.41, 5.74) is 0. The Balaban J connectivity index is 2.45.